The molecule has 25 heavy (non-hydrogen) atoms. The highest BCUT2D eigenvalue weighted by molar-refractivity contribution is 6.30. The number of benzene rings is 2. The molecule has 1 amide bonds. The molecule has 0 radical (unpaired) electrons. The molecule has 4 nitrogen and oxygen atoms in total. The van der Waals surface area contributed by atoms with Gasteiger partial charge in [-0.25, -0.2) is 4.98 Å². The summed E-state index contributed by atoms with van der Waals surface area (Å²) in [5.74, 6) is 0.850. The van der Waals surface area contributed by atoms with Gasteiger partial charge in [0.2, 0.25) is 5.91 Å². The molecule has 2 N–H and O–H groups in total. The lowest BCUT2D eigenvalue weighted by atomic mass is 10.1. The Morgan fingerprint density at radius 3 is 2.56 bits per heavy atom. The van der Waals surface area contributed by atoms with Crippen molar-refractivity contribution in [3.8, 4) is 11.4 Å². The van der Waals surface area contributed by atoms with Crippen LogP contribution in [0.5, 0.6) is 0 Å². The number of hydrogen-bond acceptors (Lipinski definition) is 2. The molecule has 0 saturated heterocycles. The molecule has 1 heterocycles. The van der Waals surface area contributed by atoms with Gasteiger partial charge in [0.25, 0.3) is 0 Å². The van der Waals surface area contributed by atoms with Crippen molar-refractivity contribution in [2.24, 2.45) is 0 Å². The number of aryl methyl sites for hydroxylation is 1. The fourth-order valence-electron chi connectivity index (χ4n) is 2.53. The number of amides is 1. The number of carbonyl (C=O) groups is 1. The number of carbonyl (C=O) groups excluding carboxylic acids is 1. The number of aromatic amines is 1. The van der Waals surface area contributed by atoms with Gasteiger partial charge in [-0.3, -0.25) is 4.79 Å². The maximum Gasteiger partial charge on any atom is 0.224 e. The van der Waals surface area contributed by atoms with Crippen LogP contribution in [0.2, 0.25) is 5.02 Å². The highest BCUT2D eigenvalue weighted by Gasteiger charge is 2.06. The van der Waals surface area contributed by atoms with Crippen molar-refractivity contribution in [3.63, 3.8) is 0 Å². The van der Waals surface area contributed by atoms with Gasteiger partial charge >= 0.3 is 0 Å². The number of nitrogens with one attached hydrogen (secondary N) is 2. The summed E-state index contributed by atoms with van der Waals surface area (Å²) < 4.78 is 0. The van der Waals surface area contributed by atoms with Gasteiger partial charge in [-0.05, 0) is 24.6 Å². The van der Waals surface area contributed by atoms with Crippen molar-refractivity contribution in [3.05, 3.63) is 76.6 Å². The van der Waals surface area contributed by atoms with E-state index >= 15 is 0 Å². The van der Waals surface area contributed by atoms with Crippen molar-refractivity contribution in [2.45, 2.75) is 19.8 Å². The predicted molar refractivity (Wildman–Crippen MR) is 101 cm³/mol. The fourth-order valence-corrected chi connectivity index (χ4v) is 2.66. The fraction of sp³-hybridized carbons (Fsp3) is 0.200. The van der Waals surface area contributed by atoms with Crippen molar-refractivity contribution in [2.75, 3.05) is 6.54 Å². The lowest BCUT2D eigenvalue weighted by molar-refractivity contribution is -0.120. The molecule has 0 fully saturated rings. The third-order valence-electron chi connectivity index (χ3n) is 3.95. The second kappa shape index (κ2) is 7.99. The SMILES string of the molecule is Cc1ccc(-c2ncc(CCNC(=O)Cc3ccc(Cl)cc3)[nH]2)cc1. The first-order chi connectivity index (χ1) is 12.1. The summed E-state index contributed by atoms with van der Waals surface area (Å²) in [6.45, 7) is 2.63. The van der Waals surface area contributed by atoms with Crippen LogP contribution in [0.4, 0.5) is 0 Å². The van der Waals surface area contributed by atoms with E-state index in [1.807, 2.05) is 30.5 Å². The normalized spacial score (nSPS) is 10.6. The first-order valence-electron chi connectivity index (χ1n) is 8.22. The molecule has 128 valence electrons. The van der Waals surface area contributed by atoms with E-state index in [1.54, 1.807) is 12.1 Å². The van der Waals surface area contributed by atoms with Crippen LogP contribution in [0.1, 0.15) is 16.8 Å². The number of hydrogen-bond donors (Lipinski definition) is 2. The zero-order chi connectivity index (χ0) is 17.6. The van der Waals surface area contributed by atoms with E-state index in [4.69, 9.17) is 11.6 Å². The van der Waals surface area contributed by atoms with E-state index in [1.165, 1.54) is 5.56 Å². The van der Waals surface area contributed by atoms with Gasteiger partial charge in [-0.15, -0.1) is 0 Å². The summed E-state index contributed by atoms with van der Waals surface area (Å²) in [4.78, 5) is 19.7. The van der Waals surface area contributed by atoms with E-state index < -0.39 is 0 Å². The Bertz CT molecular complexity index is 838. The van der Waals surface area contributed by atoms with Crippen LogP contribution < -0.4 is 5.32 Å². The number of nitrogens with zero attached hydrogens (tertiary/aromatic N) is 1. The van der Waals surface area contributed by atoms with Crippen molar-refractivity contribution in [1.29, 1.82) is 0 Å². The van der Waals surface area contributed by atoms with Crippen molar-refractivity contribution < 1.29 is 4.79 Å². The Balaban J connectivity index is 1.48. The monoisotopic (exact) mass is 353 g/mol. The Labute approximate surface area is 152 Å². The van der Waals surface area contributed by atoms with E-state index in [9.17, 15) is 4.79 Å². The second-order valence-corrected chi connectivity index (χ2v) is 6.46. The van der Waals surface area contributed by atoms with E-state index in [0.717, 1.165) is 22.6 Å². The molecule has 5 heteroatoms. The van der Waals surface area contributed by atoms with Crippen LogP contribution in [0.25, 0.3) is 11.4 Å². The Hall–Kier alpha value is -2.59. The second-order valence-electron chi connectivity index (χ2n) is 6.03. The zero-order valence-electron chi connectivity index (χ0n) is 14.1. The van der Waals surface area contributed by atoms with E-state index in [0.29, 0.717) is 24.4 Å². The van der Waals surface area contributed by atoms with Crippen LogP contribution in [0.3, 0.4) is 0 Å². The molecule has 3 aromatic rings. The summed E-state index contributed by atoms with van der Waals surface area (Å²) >= 11 is 5.84. The van der Waals surface area contributed by atoms with Gasteiger partial charge in [0.1, 0.15) is 5.82 Å². The van der Waals surface area contributed by atoms with Crippen LogP contribution in [0.15, 0.2) is 54.7 Å². The van der Waals surface area contributed by atoms with Gasteiger partial charge in [-0.1, -0.05) is 53.6 Å². The summed E-state index contributed by atoms with van der Waals surface area (Å²) in [5.41, 5.74) is 4.23. The van der Waals surface area contributed by atoms with E-state index in [2.05, 4.69) is 34.3 Å². The van der Waals surface area contributed by atoms with Crippen molar-refractivity contribution in [1.82, 2.24) is 15.3 Å². The molecule has 0 unspecified atom stereocenters. The lowest BCUT2D eigenvalue weighted by Crippen LogP contribution is -2.27. The molecule has 0 aliphatic carbocycles. The number of aromatic nitrogens is 2. The quantitative estimate of drug-likeness (QED) is 0.705. The number of halogens is 1. The lowest BCUT2D eigenvalue weighted by Gasteiger charge is -2.04. The standard InChI is InChI=1S/C20H20ClN3O/c1-14-2-6-16(7-3-14)20-23-13-18(24-20)10-11-22-19(25)12-15-4-8-17(21)9-5-15/h2-9,13H,10-12H2,1H3,(H,22,25)(H,23,24). The summed E-state index contributed by atoms with van der Waals surface area (Å²) in [5, 5.41) is 3.60. The summed E-state index contributed by atoms with van der Waals surface area (Å²) in [6.07, 6.45) is 2.89. The smallest absolute Gasteiger partial charge is 0.224 e. The third-order valence-corrected chi connectivity index (χ3v) is 4.20. The maximum atomic E-state index is 12.0. The molecular weight excluding hydrogens is 334 g/mol. The van der Waals surface area contributed by atoms with Crippen LogP contribution in [0, 0.1) is 6.92 Å². The maximum absolute atomic E-state index is 12.0. The molecule has 1 aromatic heterocycles. The zero-order valence-corrected chi connectivity index (χ0v) is 14.8. The minimum atomic E-state index is 0.000552. The Morgan fingerprint density at radius 1 is 1.12 bits per heavy atom. The van der Waals surface area contributed by atoms with E-state index in [-0.39, 0.29) is 5.91 Å². The summed E-state index contributed by atoms with van der Waals surface area (Å²) in [6, 6.07) is 15.5. The average molecular weight is 354 g/mol. The number of rotatable bonds is 6. The molecule has 0 aliphatic rings. The molecule has 0 spiro atoms. The molecule has 2 aromatic carbocycles. The minimum absolute atomic E-state index is 0.000552. The molecule has 0 aliphatic heterocycles. The first kappa shape index (κ1) is 17.2. The number of H-pyrrole nitrogens is 1. The van der Waals surface area contributed by atoms with Gasteiger partial charge in [-0.2, -0.15) is 0 Å². The largest absolute Gasteiger partial charge is 0.355 e. The minimum Gasteiger partial charge on any atom is -0.355 e. The van der Waals surface area contributed by atoms with Gasteiger partial charge in [0.05, 0.1) is 6.42 Å². The molecule has 0 bridgehead atoms. The Kier molecular flexibility index (Phi) is 5.51. The van der Waals surface area contributed by atoms with Crippen LogP contribution in [-0.4, -0.2) is 22.4 Å². The topological polar surface area (TPSA) is 57.8 Å². The third kappa shape index (κ3) is 4.94. The average Bonchev–Trinajstić information content (AvgIpc) is 3.06. The van der Waals surface area contributed by atoms with Gasteiger partial charge in [0, 0.05) is 35.4 Å². The highest BCUT2D eigenvalue weighted by Crippen LogP contribution is 2.16. The summed E-state index contributed by atoms with van der Waals surface area (Å²) in [7, 11) is 0. The molecule has 0 saturated carbocycles. The molecule has 3 rings (SSSR count). The van der Waals surface area contributed by atoms with Crippen LogP contribution >= 0.6 is 11.6 Å². The molecular formula is C20H20ClN3O. The van der Waals surface area contributed by atoms with Crippen molar-refractivity contribution >= 4 is 17.5 Å². The van der Waals surface area contributed by atoms with Crippen LogP contribution in [-0.2, 0) is 17.6 Å². The Morgan fingerprint density at radius 2 is 1.84 bits per heavy atom. The van der Waals surface area contributed by atoms with Gasteiger partial charge < -0.3 is 10.3 Å². The predicted octanol–water partition coefficient (Wildman–Crippen LogP) is 3.94. The first-order valence-corrected chi connectivity index (χ1v) is 8.60. The van der Waals surface area contributed by atoms with Gasteiger partial charge in [0.15, 0.2) is 0 Å². The number of imidazole rings is 1. The highest BCUT2D eigenvalue weighted by atomic mass is 35.5. The molecule has 0 atom stereocenters.